The van der Waals surface area contributed by atoms with E-state index in [0.29, 0.717) is 11.3 Å². The molecule has 88 valence electrons. The van der Waals surface area contributed by atoms with Crippen LogP contribution < -0.4 is 0 Å². The largest absolute Gasteiger partial charge is 0.287 e. The number of pyridine rings is 1. The predicted octanol–water partition coefficient (Wildman–Crippen LogP) is 2.20. The number of hydrogen-bond acceptors (Lipinski definition) is 3. The molecule has 0 amide bonds. The Labute approximate surface area is 104 Å². The maximum Gasteiger partial charge on any atom is 0.215 e. The molecular formula is C14H11N3O. The van der Waals surface area contributed by atoms with E-state index in [1.807, 2.05) is 24.3 Å². The molecule has 0 aliphatic heterocycles. The molecule has 3 rings (SSSR count). The summed E-state index contributed by atoms with van der Waals surface area (Å²) in [6.07, 6.45) is 3.45. The number of fused-ring (bicyclic) bond motifs is 1. The molecule has 4 nitrogen and oxygen atoms in total. The molecule has 3 aromatic rings. The number of nitrogens with zero attached hydrogens (tertiary/aromatic N) is 3. The van der Waals surface area contributed by atoms with Gasteiger partial charge < -0.3 is 0 Å². The Hall–Kier alpha value is -2.49. The molecule has 0 fully saturated rings. The van der Waals surface area contributed by atoms with Crippen molar-refractivity contribution in [1.29, 1.82) is 0 Å². The van der Waals surface area contributed by atoms with Crippen LogP contribution >= 0.6 is 0 Å². The highest BCUT2D eigenvalue weighted by Gasteiger charge is 2.15. The van der Waals surface area contributed by atoms with Gasteiger partial charge in [-0.25, -0.2) is 0 Å². The lowest BCUT2D eigenvalue weighted by Gasteiger charge is -2.02. The first-order valence-electron chi connectivity index (χ1n) is 5.64. The van der Waals surface area contributed by atoms with E-state index in [4.69, 9.17) is 0 Å². The molecule has 0 unspecified atom stereocenters. The van der Waals surface area contributed by atoms with Crippen molar-refractivity contribution >= 4 is 16.7 Å². The number of benzene rings is 1. The Morgan fingerprint density at radius 1 is 1.17 bits per heavy atom. The van der Waals surface area contributed by atoms with Crippen LogP contribution in [0.3, 0.4) is 0 Å². The second-order valence-electron chi connectivity index (χ2n) is 4.08. The van der Waals surface area contributed by atoms with Gasteiger partial charge in [-0.3, -0.25) is 14.5 Å². The summed E-state index contributed by atoms with van der Waals surface area (Å²) in [5, 5.41) is 5.09. The van der Waals surface area contributed by atoms with E-state index >= 15 is 0 Å². The number of ketones is 1. The molecule has 0 saturated heterocycles. The molecule has 0 atom stereocenters. The van der Waals surface area contributed by atoms with E-state index in [1.54, 1.807) is 36.3 Å². The minimum Gasteiger partial charge on any atom is -0.287 e. The van der Waals surface area contributed by atoms with Crippen LogP contribution in [0.15, 0.2) is 48.8 Å². The van der Waals surface area contributed by atoms with Gasteiger partial charge in [0.05, 0.1) is 11.1 Å². The number of carbonyl (C=O) groups is 1. The Balaban J connectivity index is 2.17. The van der Waals surface area contributed by atoms with Gasteiger partial charge in [0, 0.05) is 24.8 Å². The SMILES string of the molecule is Cn1ccc(C(=O)c2cccc3cccnc23)n1. The zero-order chi connectivity index (χ0) is 12.5. The molecule has 2 aromatic heterocycles. The fourth-order valence-corrected chi connectivity index (χ4v) is 1.96. The van der Waals surface area contributed by atoms with Crippen LogP contribution in [0.4, 0.5) is 0 Å². The number of aryl methyl sites for hydroxylation is 1. The molecule has 0 radical (unpaired) electrons. The van der Waals surface area contributed by atoms with Crippen LogP contribution in [0, 0.1) is 0 Å². The number of hydrogen-bond donors (Lipinski definition) is 0. The van der Waals surface area contributed by atoms with Crippen molar-refractivity contribution < 1.29 is 4.79 Å². The first-order chi connectivity index (χ1) is 8.75. The van der Waals surface area contributed by atoms with Crippen molar-refractivity contribution in [3.05, 3.63) is 60.0 Å². The molecular weight excluding hydrogens is 226 g/mol. The molecule has 0 saturated carbocycles. The van der Waals surface area contributed by atoms with Gasteiger partial charge in [0.25, 0.3) is 0 Å². The molecule has 1 aromatic carbocycles. The van der Waals surface area contributed by atoms with E-state index in [2.05, 4.69) is 10.1 Å². The van der Waals surface area contributed by atoms with Gasteiger partial charge in [-0.05, 0) is 18.2 Å². The van der Waals surface area contributed by atoms with Gasteiger partial charge in [0.2, 0.25) is 5.78 Å². The number of para-hydroxylation sites is 1. The van der Waals surface area contributed by atoms with E-state index in [0.717, 1.165) is 10.9 Å². The second kappa shape index (κ2) is 4.07. The highest BCUT2D eigenvalue weighted by Crippen LogP contribution is 2.18. The van der Waals surface area contributed by atoms with E-state index in [1.165, 1.54) is 0 Å². The van der Waals surface area contributed by atoms with Gasteiger partial charge in [0.1, 0.15) is 5.69 Å². The van der Waals surface area contributed by atoms with Gasteiger partial charge >= 0.3 is 0 Å². The average molecular weight is 237 g/mol. The lowest BCUT2D eigenvalue weighted by molar-refractivity contribution is 0.103. The second-order valence-corrected chi connectivity index (χ2v) is 4.08. The first-order valence-corrected chi connectivity index (χ1v) is 5.64. The van der Waals surface area contributed by atoms with Crippen LogP contribution in [-0.2, 0) is 7.05 Å². The summed E-state index contributed by atoms with van der Waals surface area (Å²) < 4.78 is 1.62. The smallest absolute Gasteiger partial charge is 0.215 e. The predicted molar refractivity (Wildman–Crippen MR) is 68.4 cm³/mol. The maximum absolute atomic E-state index is 12.4. The third-order valence-electron chi connectivity index (χ3n) is 2.82. The Morgan fingerprint density at radius 2 is 2.00 bits per heavy atom. The zero-order valence-electron chi connectivity index (χ0n) is 9.87. The quantitative estimate of drug-likeness (QED) is 0.642. The van der Waals surface area contributed by atoms with E-state index in [9.17, 15) is 4.79 Å². The maximum atomic E-state index is 12.4. The number of rotatable bonds is 2. The monoisotopic (exact) mass is 237 g/mol. The average Bonchev–Trinajstić information content (AvgIpc) is 2.84. The van der Waals surface area contributed by atoms with Crippen molar-refractivity contribution in [3.63, 3.8) is 0 Å². The third kappa shape index (κ3) is 1.68. The lowest BCUT2D eigenvalue weighted by Crippen LogP contribution is -2.04. The van der Waals surface area contributed by atoms with Crippen LogP contribution in [-0.4, -0.2) is 20.5 Å². The van der Waals surface area contributed by atoms with Gasteiger partial charge in [-0.2, -0.15) is 5.10 Å². The Bertz CT molecular complexity index is 725. The van der Waals surface area contributed by atoms with Crippen molar-refractivity contribution in [3.8, 4) is 0 Å². The highest BCUT2D eigenvalue weighted by molar-refractivity contribution is 6.14. The van der Waals surface area contributed by atoms with Crippen molar-refractivity contribution in [2.24, 2.45) is 7.05 Å². The Morgan fingerprint density at radius 3 is 2.78 bits per heavy atom. The van der Waals surface area contributed by atoms with Crippen molar-refractivity contribution in [1.82, 2.24) is 14.8 Å². The number of carbonyl (C=O) groups excluding carboxylic acids is 1. The standard InChI is InChI=1S/C14H11N3O/c1-17-9-7-12(16-17)14(18)11-6-2-4-10-5-3-8-15-13(10)11/h2-9H,1H3. The summed E-state index contributed by atoms with van der Waals surface area (Å²) in [4.78, 5) is 16.6. The Kier molecular flexibility index (Phi) is 2.41. The van der Waals surface area contributed by atoms with Crippen LogP contribution in [0.25, 0.3) is 10.9 Å². The third-order valence-corrected chi connectivity index (χ3v) is 2.82. The minimum absolute atomic E-state index is 0.0973. The molecule has 18 heavy (non-hydrogen) atoms. The molecule has 2 heterocycles. The highest BCUT2D eigenvalue weighted by atomic mass is 16.1. The molecule has 4 heteroatoms. The van der Waals surface area contributed by atoms with Crippen LogP contribution in [0.5, 0.6) is 0 Å². The first kappa shape index (κ1) is 10.7. The van der Waals surface area contributed by atoms with Crippen molar-refractivity contribution in [2.75, 3.05) is 0 Å². The van der Waals surface area contributed by atoms with E-state index < -0.39 is 0 Å². The van der Waals surface area contributed by atoms with Gasteiger partial charge in [-0.15, -0.1) is 0 Å². The molecule has 0 N–H and O–H groups in total. The molecule has 0 aliphatic carbocycles. The summed E-state index contributed by atoms with van der Waals surface area (Å²) in [5.74, 6) is -0.0973. The normalized spacial score (nSPS) is 10.7. The molecule has 0 spiro atoms. The summed E-state index contributed by atoms with van der Waals surface area (Å²) in [5.41, 5.74) is 1.75. The zero-order valence-corrected chi connectivity index (χ0v) is 9.87. The summed E-state index contributed by atoms with van der Waals surface area (Å²) in [6, 6.07) is 11.1. The summed E-state index contributed by atoms with van der Waals surface area (Å²) in [6.45, 7) is 0. The molecule has 0 aliphatic rings. The molecule has 0 bridgehead atoms. The summed E-state index contributed by atoms with van der Waals surface area (Å²) in [7, 11) is 1.79. The van der Waals surface area contributed by atoms with Gasteiger partial charge in [-0.1, -0.05) is 18.2 Å². The minimum atomic E-state index is -0.0973. The fraction of sp³-hybridized carbons (Fsp3) is 0.0714. The number of aromatic nitrogens is 3. The van der Waals surface area contributed by atoms with Crippen molar-refractivity contribution in [2.45, 2.75) is 0 Å². The topological polar surface area (TPSA) is 47.8 Å². The van der Waals surface area contributed by atoms with E-state index in [-0.39, 0.29) is 5.78 Å². The lowest BCUT2D eigenvalue weighted by atomic mass is 10.0. The van der Waals surface area contributed by atoms with Crippen LogP contribution in [0.2, 0.25) is 0 Å². The van der Waals surface area contributed by atoms with Crippen LogP contribution in [0.1, 0.15) is 16.1 Å². The van der Waals surface area contributed by atoms with Gasteiger partial charge in [0.15, 0.2) is 0 Å². The fourth-order valence-electron chi connectivity index (χ4n) is 1.96. The summed E-state index contributed by atoms with van der Waals surface area (Å²) >= 11 is 0.